The third-order valence-electron chi connectivity index (χ3n) is 14.2. The van der Waals surface area contributed by atoms with Crippen LogP contribution in [0.2, 0.25) is 0 Å². The summed E-state index contributed by atoms with van der Waals surface area (Å²) in [4.78, 5) is 27.8. The third-order valence-corrected chi connectivity index (χ3v) is 34.0. The number of rotatable bonds is 17. The molecule has 0 saturated carbocycles. The van der Waals surface area contributed by atoms with Gasteiger partial charge in [-0.1, -0.05) is 0 Å². The number of halogens is 2. The van der Waals surface area contributed by atoms with Gasteiger partial charge < -0.3 is 0 Å². The molecule has 2 amide bonds. The van der Waals surface area contributed by atoms with Gasteiger partial charge >= 0.3 is 372 Å². The first-order valence-corrected chi connectivity index (χ1v) is 33.3. The number of benzene rings is 4. The van der Waals surface area contributed by atoms with Crippen molar-refractivity contribution in [3.63, 3.8) is 0 Å². The minimum atomic E-state index is -6.13. The van der Waals surface area contributed by atoms with Crippen LogP contribution < -0.4 is 10.5 Å². The van der Waals surface area contributed by atoms with E-state index in [1.54, 1.807) is 0 Å². The summed E-state index contributed by atoms with van der Waals surface area (Å²) in [6.07, 6.45) is 9.05. The van der Waals surface area contributed by atoms with Gasteiger partial charge in [-0.25, -0.2) is 0 Å². The molecule has 0 radical (unpaired) electrons. The molecule has 0 saturated heterocycles. The Morgan fingerprint density at radius 2 is 0.883 bits per heavy atom. The van der Waals surface area contributed by atoms with Crippen molar-refractivity contribution in [2.75, 3.05) is 0 Å². The van der Waals surface area contributed by atoms with Crippen molar-refractivity contribution in [3.05, 3.63) is 129 Å². The molecule has 0 heterocycles. The van der Waals surface area contributed by atoms with E-state index >= 15 is 0 Å². The van der Waals surface area contributed by atoms with Gasteiger partial charge in [-0.3, -0.25) is 0 Å². The van der Waals surface area contributed by atoms with Crippen LogP contribution in [0.3, 0.4) is 0 Å². The van der Waals surface area contributed by atoms with Crippen LogP contribution in [0.5, 0.6) is 0 Å². The molecule has 8 heteroatoms. The number of hydrogen-bond acceptors (Lipinski definition) is 2. The van der Waals surface area contributed by atoms with Crippen LogP contribution in [0, 0.1) is 11.8 Å². The average molecular weight is 924 g/mol. The fourth-order valence-corrected chi connectivity index (χ4v) is 30.8. The van der Waals surface area contributed by atoms with Gasteiger partial charge in [0.15, 0.2) is 0 Å². The van der Waals surface area contributed by atoms with Crippen LogP contribution in [-0.2, 0) is 25.8 Å². The molecule has 0 spiro atoms. The molecular weight excluding hydrogens is 858 g/mol. The number of carbonyl (C=O) groups is 2. The number of fused-ring (bicyclic) bond motifs is 2. The molecule has 2 aliphatic carbocycles. The van der Waals surface area contributed by atoms with Crippen LogP contribution in [0.1, 0.15) is 160 Å². The van der Waals surface area contributed by atoms with Crippen molar-refractivity contribution >= 4 is 45.5 Å². The van der Waals surface area contributed by atoms with E-state index < -0.39 is 27.9 Å². The first kappa shape index (κ1) is 46.3. The Morgan fingerprint density at radius 1 is 0.533 bits per heavy atom. The molecule has 6 unspecified atom stereocenters. The number of hydrogen-bond donors (Lipinski definition) is 2. The van der Waals surface area contributed by atoms with Crippen molar-refractivity contribution in [2.45, 2.75) is 127 Å². The predicted octanol–water partition coefficient (Wildman–Crippen LogP) is 14.8. The van der Waals surface area contributed by atoms with Crippen LogP contribution in [0.15, 0.2) is 96.1 Å². The minimum absolute atomic E-state index is 0.125. The van der Waals surface area contributed by atoms with Gasteiger partial charge in [-0.15, -0.1) is 0 Å². The zero-order valence-electron chi connectivity index (χ0n) is 37.6. The number of nitrogens with one attached hydrogen (secondary N) is 2. The first-order valence-electron chi connectivity index (χ1n) is 22.7. The molecule has 4 aromatic rings. The van der Waals surface area contributed by atoms with Gasteiger partial charge in [0.2, 0.25) is 0 Å². The summed E-state index contributed by atoms with van der Waals surface area (Å²) in [5.41, 5.74) is 14.2. The molecule has 2 aliphatic rings. The molecule has 60 heavy (non-hydrogen) atoms. The summed E-state index contributed by atoms with van der Waals surface area (Å²) < 4.78 is -1.81. The molecule has 0 fully saturated rings. The molecule has 6 atom stereocenters. The predicted molar refractivity (Wildman–Crippen MR) is 256 cm³/mol. The maximum atomic E-state index is 13.9. The average Bonchev–Trinajstić information content (AvgIpc) is 3.89. The van der Waals surface area contributed by atoms with Crippen molar-refractivity contribution in [2.24, 2.45) is 11.8 Å². The number of allylic oxidation sites excluding steroid dienone is 2. The molecule has 0 aromatic heterocycles. The van der Waals surface area contributed by atoms with E-state index in [1.165, 1.54) is 33.4 Å². The summed E-state index contributed by atoms with van der Waals surface area (Å²) in [6, 6.07) is 30.8. The van der Waals surface area contributed by atoms with Crippen molar-refractivity contribution in [1.82, 2.24) is 10.5 Å². The molecule has 4 aromatic carbocycles. The topological polar surface area (TPSA) is 58.2 Å². The van der Waals surface area contributed by atoms with E-state index in [1.807, 2.05) is 13.8 Å². The Labute approximate surface area is 369 Å². The fourth-order valence-electron chi connectivity index (χ4n) is 10.00. The standard InChI is InChI=1S/2C23H27.C6H11BN2O2.2ClH.Zr/c2*1-5-16(3)19-14-18-10-9-13-22(23(18)15-19)21-12-8-7-11-20(21)17(4)6-2;1-3-5(10)8-7-9-6(11)4-2;;;/h2*7-17H,5-6H2,1-4H3;3-4H2,1-2H3,(H-,8,9,10,11);2*1H;/q;;;;;+1/p-1. The second kappa shape index (κ2) is 19.1. The van der Waals surface area contributed by atoms with Gasteiger partial charge in [0.1, 0.15) is 0 Å². The summed E-state index contributed by atoms with van der Waals surface area (Å²) in [6.45, 7) is 21.8. The summed E-state index contributed by atoms with van der Waals surface area (Å²) in [5, 5.41) is 6.69. The van der Waals surface area contributed by atoms with E-state index in [4.69, 9.17) is 17.0 Å². The van der Waals surface area contributed by atoms with Crippen LogP contribution in [0.4, 0.5) is 0 Å². The van der Waals surface area contributed by atoms with Crippen molar-refractivity contribution in [3.8, 4) is 22.3 Å². The van der Waals surface area contributed by atoms with Crippen LogP contribution >= 0.6 is 17.0 Å². The molecule has 317 valence electrons. The van der Waals surface area contributed by atoms with Gasteiger partial charge in [-0.05, 0) is 0 Å². The van der Waals surface area contributed by atoms with Gasteiger partial charge in [0.25, 0.3) is 0 Å². The second-order valence-electron chi connectivity index (χ2n) is 17.7. The number of carbonyl (C=O) groups excluding carboxylic acids is 2. The van der Waals surface area contributed by atoms with E-state index in [0.29, 0.717) is 11.8 Å². The van der Waals surface area contributed by atoms with Gasteiger partial charge in [0, 0.05) is 0 Å². The quantitative estimate of drug-likeness (QED) is 0.104. The summed E-state index contributed by atoms with van der Waals surface area (Å²) >= 11 is -6.13. The third kappa shape index (κ3) is 8.24. The van der Waals surface area contributed by atoms with E-state index in [-0.39, 0.29) is 36.5 Å². The van der Waals surface area contributed by atoms with Gasteiger partial charge in [-0.2, -0.15) is 0 Å². The molecular formula is C52H66BCl2N2O2Zr. The normalized spacial score (nSPS) is 18.5. The zero-order chi connectivity index (χ0) is 43.5. The SMILES string of the molecule is CCC(=O)N[B](NC(=O)CC)[Zr]([Cl])([Cl])([CH]1C(C(C)CC)=Cc2c(-c3ccccc3C(C)CC)cccc21)[CH]1C(C(C)CC)=Cc2c(-c3ccccc3C(C)CC)cccc21. The summed E-state index contributed by atoms with van der Waals surface area (Å²) in [7, 11) is 18.2. The first-order chi connectivity index (χ1) is 28.7. The Kier molecular flexibility index (Phi) is 14.7. The van der Waals surface area contributed by atoms with E-state index in [2.05, 4.69) is 163 Å². The van der Waals surface area contributed by atoms with E-state index in [9.17, 15) is 9.59 Å². The van der Waals surface area contributed by atoms with Crippen molar-refractivity contribution < 1.29 is 25.8 Å². The maximum absolute atomic E-state index is 13.9. The Bertz CT molecular complexity index is 2150. The Morgan fingerprint density at radius 3 is 1.23 bits per heavy atom. The monoisotopic (exact) mass is 921 g/mol. The molecule has 4 nitrogen and oxygen atoms in total. The fraction of sp³-hybridized carbons (Fsp3) is 0.423. The van der Waals surface area contributed by atoms with E-state index in [0.717, 1.165) is 59.1 Å². The molecule has 2 N–H and O–H groups in total. The Balaban J connectivity index is 1.75. The Hall–Kier alpha value is -3.17. The molecule has 0 bridgehead atoms. The molecule has 0 aliphatic heterocycles. The van der Waals surface area contributed by atoms with Gasteiger partial charge in [0.05, 0.1) is 0 Å². The second-order valence-corrected chi connectivity index (χ2v) is 39.1. The van der Waals surface area contributed by atoms with Crippen molar-refractivity contribution in [1.29, 1.82) is 0 Å². The molecule has 6 rings (SSSR count). The zero-order valence-corrected chi connectivity index (χ0v) is 41.6. The van der Waals surface area contributed by atoms with Crippen LogP contribution in [0.25, 0.3) is 34.4 Å². The number of amides is 2. The van der Waals surface area contributed by atoms with Crippen LogP contribution in [-0.4, -0.2) is 16.3 Å². The summed E-state index contributed by atoms with van der Waals surface area (Å²) in [5.74, 6) is 0.610.